The van der Waals surface area contributed by atoms with E-state index in [1.165, 1.54) is 5.56 Å². The number of ether oxygens (including phenoxy) is 3. The first-order chi connectivity index (χ1) is 14.7. The van der Waals surface area contributed by atoms with Gasteiger partial charge in [0.1, 0.15) is 5.82 Å². The molecule has 1 fully saturated rings. The molecule has 1 aromatic heterocycles. The van der Waals surface area contributed by atoms with Crippen LogP contribution in [0.2, 0.25) is 0 Å². The third-order valence-corrected chi connectivity index (χ3v) is 5.08. The van der Waals surface area contributed by atoms with Crippen molar-refractivity contribution in [3.63, 3.8) is 0 Å². The van der Waals surface area contributed by atoms with Crippen LogP contribution in [-0.2, 0) is 4.74 Å². The Morgan fingerprint density at radius 2 is 1.83 bits per heavy atom. The van der Waals surface area contributed by atoms with Gasteiger partial charge in [0.2, 0.25) is 0 Å². The second kappa shape index (κ2) is 9.00. The van der Waals surface area contributed by atoms with Crippen molar-refractivity contribution in [3.8, 4) is 11.5 Å². The Morgan fingerprint density at radius 1 is 1.07 bits per heavy atom. The molecule has 1 aliphatic heterocycles. The van der Waals surface area contributed by atoms with Crippen molar-refractivity contribution in [1.29, 1.82) is 0 Å². The third kappa shape index (κ3) is 4.31. The zero-order chi connectivity index (χ0) is 20.9. The van der Waals surface area contributed by atoms with Crippen molar-refractivity contribution in [1.82, 2.24) is 4.98 Å². The molecule has 4 rings (SSSR count). The average molecular weight is 406 g/mol. The maximum atomic E-state index is 5.49. The largest absolute Gasteiger partial charge is 0.493 e. The third-order valence-electron chi connectivity index (χ3n) is 5.08. The molecule has 2 heterocycles. The number of nitrogens with zero attached hydrogens (tertiary/aromatic N) is 3. The molecule has 0 amide bonds. The van der Waals surface area contributed by atoms with Crippen LogP contribution < -0.4 is 19.8 Å². The van der Waals surface area contributed by atoms with Gasteiger partial charge in [0.05, 0.1) is 44.9 Å². The molecule has 0 spiro atoms. The number of benzene rings is 2. The molecule has 1 N–H and O–H groups in total. The van der Waals surface area contributed by atoms with Crippen LogP contribution in [-0.4, -0.2) is 51.7 Å². The molecule has 0 radical (unpaired) electrons. The van der Waals surface area contributed by atoms with Gasteiger partial charge in [-0.05, 0) is 18.6 Å². The number of aromatic nitrogens is 1. The van der Waals surface area contributed by atoms with Gasteiger partial charge in [-0.15, -0.1) is 0 Å². The predicted octanol–water partition coefficient (Wildman–Crippen LogP) is 3.84. The number of fused-ring (bicyclic) bond motifs is 1. The topological polar surface area (TPSA) is 68.2 Å². The number of nitrogens with one attached hydrogen (secondary N) is 1. The van der Waals surface area contributed by atoms with E-state index < -0.39 is 0 Å². The number of anilines is 2. The summed E-state index contributed by atoms with van der Waals surface area (Å²) in [7, 11) is 3.25. The fraction of sp³-hybridized carbons (Fsp3) is 0.304. The first-order valence-corrected chi connectivity index (χ1v) is 9.93. The molecule has 0 bridgehead atoms. The van der Waals surface area contributed by atoms with E-state index in [0.29, 0.717) is 24.7 Å². The maximum absolute atomic E-state index is 5.49. The van der Waals surface area contributed by atoms with Gasteiger partial charge < -0.3 is 19.1 Å². The van der Waals surface area contributed by atoms with Gasteiger partial charge in [-0.25, -0.2) is 4.98 Å². The summed E-state index contributed by atoms with van der Waals surface area (Å²) >= 11 is 0. The molecule has 0 atom stereocenters. The summed E-state index contributed by atoms with van der Waals surface area (Å²) in [6, 6.07) is 14.0. The Bertz CT molecular complexity index is 1060. The fourth-order valence-electron chi connectivity index (χ4n) is 3.51. The van der Waals surface area contributed by atoms with Gasteiger partial charge in [-0.1, -0.05) is 29.8 Å². The van der Waals surface area contributed by atoms with Crippen LogP contribution in [0.3, 0.4) is 0 Å². The van der Waals surface area contributed by atoms with Crippen LogP contribution in [0.4, 0.5) is 11.5 Å². The average Bonchev–Trinajstić information content (AvgIpc) is 2.78. The van der Waals surface area contributed by atoms with E-state index in [-0.39, 0.29) is 0 Å². The minimum atomic E-state index is 0.644. The van der Waals surface area contributed by atoms with Crippen LogP contribution in [0.25, 0.3) is 10.9 Å². The lowest BCUT2D eigenvalue weighted by Gasteiger charge is -2.28. The smallest absolute Gasteiger partial charge is 0.162 e. The summed E-state index contributed by atoms with van der Waals surface area (Å²) in [6.07, 6.45) is 1.81. The first-order valence-electron chi connectivity index (χ1n) is 9.93. The van der Waals surface area contributed by atoms with Gasteiger partial charge in [0.25, 0.3) is 0 Å². The Morgan fingerprint density at radius 3 is 2.57 bits per heavy atom. The number of pyridine rings is 1. The maximum Gasteiger partial charge on any atom is 0.162 e. The monoisotopic (exact) mass is 406 g/mol. The van der Waals surface area contributed by atoms with Gasteiger partial charge in [-0.3, -0.25) is 5.43 Å². The van der Waals surface area contributed by atoms with E-state index in [1.807, 2.05) is 36.5 Å². The lowest BCUT2D eigenvalue weighted by molar-refractivity contribution is 0.122. The lowest BCUT2D eigenvalue weighted by atomic mass is 10.1. The van der Waals surface area contributed by atoms with Crippen molar-refractivity contribution in [3.05, 3.63) is 53.6 Å². The Balaban J connectivity index is 1.74. The summed E-state index contributed by atoms with van der Waals surface area (Å²) in [5.74, 6) is 2.17. The highest BCUT2D eigenvalue weighted by Gasteiger charge is 2.17. The number of morpholine rings is 1. The zero-order valence-electron chi connectivity index (χ0n) is 17.5. The molecule has 156 valence electrons. The number of hydrogen-bond donors (Lipinski definition) is 1. The quantitative estimate of drug-likeness (QED) is 0.496. The second-order valence-corrected chi connectivity index (χ2v) is 7.14. The number of hydrogen-bond acceptors (Lipinski definition) is 7. The standard InChI is InChI=1S/C23H26N4O3/c1-16-5-4-6-17(11-16)15-24-26-20-14-23(27-7-9-30-10-8-27)25-19-13-22(29-3)21(28-2)12-18(19)20/h4-6,11-15H,7-10H2,1-3H3,(H,25,26). The van der Waals surface area contributed by atoms with Crippen molar-refractivity contribution in [2.45, 2.75) is 6.92 Å². The van der Waals surface area contributed by atoms with Crippen LogP contribution in [0, 0.1) is 6.92 Å². The molecule has 0 aliphatic carbocycles. The summed E-state index contributed by atoms with van der Waals surface area (Å²) in [5.41, 5.74) is 7.09. The van der Waals surface area contributed by atoms with Crippen LogP contribution in [0.15, 0.2) is 47.6 Å². The van der Waals surface area contributed by atoms with Gasteiger partial charge >= 0.3 is 0 Å². The Hall–Kier alpha value is -3.32. The SMILES string of the molecule is COc1cc2nc(N3CCOCC3)cc(NN=Cc3cccc(C)c3)c2cc1OC. The summed E-state index contributed by atoms with van der Waals surface area (Å²) in [4.78, 5) is 7.08. The van der Waals surface area contributed by atoms with E-state index in [1.54, 1.807) is 14.2 Å². The molecule has 0 saturated carbocycles. The second-order valence-electron chi connectivity index (χ2n) is 7.14. The molecule has 1 saturated heterocycles. The van der Waals surface area contributed by atoms with Crippen molar-refractivity contribution in [2.24, 2.45) is 5.10 Å². The van der Waals surface area contributed by atoms with Crippen LogP contribution in [0.5, 0.6) is 11.5 Å². The molecule has 3 aromatic rings. The first kappa shape index (κ1) is 20.0. The molecular formula is C23H26N4O3. The van der Waals surface area contributed by atoms with Crippen molar-refractivity contribution < 1.29 is 14.2 Å². The molecular weight excluding hydrogens is 380 g/mol. The Labute approximate surface area is 176 Å². The minimum Gasteiger partial charge on any atom is -0.493 e. The zero-order valence-corrected chi connectivity index (χ0v) is 17.5. The fourth-order valence-corrected chi connectivity index (χ4v) is 3.51. The number of aryl methyl sites for hydroxylation is 1. The number of rotatable bonds is 6. The number of hydrazone groups is 1. The van der Waals surface area contributed by atoms with Gasteiger partial charge in [0.15, 0.2) is 11.5 Å². The van der Waals surface area contributed by atoms with E-state index in [2.05, 4.69) is 34.5 Å². The molecule has 7 heteroatoms. The Kier molecular flexibility index (Phi) is 5.99. The molecule has 1 aliphatic rings. The highest BCUT2D eigenvalue weighted by molar-refractivity contribution is 5.95. The minimum absolute atomic E-state index is 0.644. The number of methoxy groups -OCH3 is 2. The normalized spacial score (nSPS) is 14.3. The van der Waals surface area contributed by atoms with E-state index in [4.69, 9.17) is 19.2 Å². The van der Waals surface area contributed by atoms with Crippen molar-refractivity contribution in [2.75, 3.05) is 50.8 Å². The van der Waals surface area contributed by atoms with Crippen LogP contribution >= 0.6 is 0 Å². The molecule has 30 heavy (non-hydrogen) atoms. The van der Waals surface area contributed by atoms with Crippen molar-refractivity contribution >= 4 is 28.6 Å². The summed E-state index contributed by atoms with van der Waals surface area (Å²) < 4.78 is 16.4. The predicted molar refractivity (Wildman–Crippen MR) is 120 cm³/mol. The van der Waals surface area contributed by atoms with E-state index in [0.717, 1.165) is 41.1 Å². The van der Waals surface area contributed by atoms with Gasteiger partial charge in [0, 0.05) is 30.6 Å². The molecule has 7 nitrogen and oxygen atoms in total. The highest BCUT2D eigenvalue weighted by Crippen LogP contribution is 2.36. The van der Waals surface area contributed by atoms with E-state index >= 15 is 0 Å². The molecule has 2 aromatic carbocycles. The highest BCUT2D eigenvalue weighted by atomic mass is 16.5. The van der Waals surface area contributed by atoms with Gasteiger partial charge in [-0.2, -0.15) is 5.10 Å². The lowest BCUT2D eigenvalue weighted by Crippen LogP contribution is -2.36. The van der Waals surface area contributed by atoms with Crippen LogP contribution in [0.1, 0.15) is 11.1 Å². The summed E-state index contributed by atoms with van der Waals surface area (Å²) in [6.45, 7) is 5.06. The van der Waals surface area contributed by atoms with E-state index in [9.17, 15) is 0 Å². The molecule has 0 unspecified atom stereocenters. The summed E-state index contributed by atoms with van der Waals surface area (Å²) in [5, 5.41) is 5.38.